The summed E-state index contributed by atoms with van der Waals surface area (Å²) in [6.07, 6.45) is 1.14. The second-order valence-electron chi connectivity index (χ2n) is 6.47. The van der Waals surface area contributed by atoms with Gasteiger partial charge in [-0.05, 0) is 26.0 Å². The van der Waals surface area contributed by atoms with Crippen molar-refractivity contribution in [3.05, 3.63) is 46.0 Å². The number of aromatic amines is 1. The topological polar surface area (TPSA) is 124 Å². The minimum absolute atomic E-state index is 0.0703. The molecule has 3 rings (SSSR count). The summed E-state index contributed by atoms with van der Waals surface area (Å²) >= 11 is 0. The summed E-state index contributed by atoms with van der Waals surface area (Å²) in [5.74, 6) is -1.47. The lowest BCUT2D eigenvalue weighted by atomic mass is 10.2. The van der Waals surface area contributed by atoms with Gasteiger partial charge in [0.25, 0.3) is 5.56 Å². The van der Waals surface area contributed by atoms with Gasteiger partial charge in [-0.2, -0.15) is 10.4 Å². The van der Waals surface area contributed by atoms with Gasteiger partial charge < -0.3 is 19.3 Å². The van der Waals surface area contributed by atoms with Crippen molar-refractivity contribution in [3.63, 3.8) is 0 Å². The van der Waals surface area contributed by atoms with Crippen molar-refractivity contribution < 1.29 is 25.2 Å². The van der Waals surface area contributed by atoms with Crippen molar-refractivity contribution in [2.45, 2.75) is 26.4 Å². The molecule has 164 valence electrons. The maximum Gasteiger partial charge on any atom is 0.270 e. The number of anilines is 1. The average molecular weight is 435 g/mol. The van der Waals surface area contributed by atoms with E-state index in [2.05, 4.69) is 15.2 Å². The number of rotatable bonds is 8. The third-order valence-electron chi connectivity index (χ3n) is 4.10. The molecule has 1 atom stereocenters. The first-order chi connectivity index (χ1) is 18.0. The molecule has 0 spiro atoms. The number of aromatic nitrogens is 3. The summed E-state index contributed by atoms with van der Waals surface area (Å²) in [7, 11) is 0. The molecular formula is C21H26N6O4. The predicted octanol–water partition coefficient (Wildman–Crippen LogP) is 0.868. The molecule has 10 nitrogen and oxygen atoms in total. The maximum atomic E-state index is 13.0. The van der Waals surface area contributed by atoms with Gasteiger partial charge in [-0.15, -0.1) is 0 Å². The summed E-state index contributed by atoms with van der Waals surface area (Å²) in [4.78, 5) is 28.6. The standard InChI is InChI=1S/C21H26N6O4/c1-15(31-18-13-24-25-21(29)16(18)2)14-30-10-5-20(28)27-8-6-26(7-9-27)19-4-3-17(11-22)12-23-19/h3-4,12-13,15H,5-10,14H2,1-2H3,(H,25,29)/t15-/m0/s1/i6D2,7D2,8D2,9D2. The minimum atomic E-state index is -3.37. The Morgan fingerprint density at radius 2 is 2.13 bits per heavy atom. The van der Waals surface area contributed by atoms with E-state index in [0.29, 0.717) is 5.56 Å². The first-order valence-corrected chi connectivity index (χ1v) is 9.28. The van der Waals surface area contributed by atoms with Gasteiger partial charge in [-0.3, -0.25) is 9.59 Å². The number of piperazine rings is 1. The molecule has 31 heavy (non-hydrogen) atoms. The van der Waals surface area contributed by atoms with Gasteiger partial charge in [-0.25, -0.2) is 10.1 Å². The van der Waals surface area contributed by atoms with Gasteiger partial charge in [0, 0.05) is 32.2 Å². The molecule has 1 fully saturated rings. The largest absolute Gasteiger partial charge is 0.486 e. The van der Waals surface area contributed by atoms with E-state index in [1.54, 1.807) is 19.9 Å². The zero-order chi connectivity index (χ0) is 29.4. The van der Waals surface area contributed by atoms with Crippen LogP contribution in [0.4, 0.5) is 5.82 Å². The van der Waals surface area contributed by atoms with Crippen molar-refractivity contribution >= 4 is 11.7 Å². The van der Waals surface area contributed by atoms with Crippen molar-refractivity contribution in [2.75, 3.05) is 44.1 Å². The first-order valence-electron chi connectivity index (χ1n) is 13.3. The molecule has 0 aliphatic carbocycles. The van der Waals surface area contributed by atoms with Crippen molar-refractivity contribution in [1.29, 1.82) is 5.26 Å². The molecule has 10 heteroatoms. The van der Waals surface area contributed by atoms with Crippen LogP contribution in [0.1, 0.15) is 35.4 Å². The number of carbonyl (C=O) groups is 1. The number of hydrogen-bond acceptors (Lipinski definition) is 8. The predicted molar refractivity (Wildman–Crippen MR) is 113 cm³/mol. The van der Waals surface area contributed by atoms with Gasteiger partial charge >= 0.3 is 0 Å². The molecule has 1 aliphatic rings. The number of nitrogens with one attached hydrogen (secondary N) is 1. The van der Waals surface area contributed by atoms with E-state index in [9.17, 15) is 9.59 Å². The van der Waals surface area contributed by atoms with Crippen LogP contribution in [0.3, 0.4) is 0 Å². The second-order valence-corrected chi connectivity index (χ2v) is 6.47. The normalized spacial score (nSPS) is 25.1. The summed E-state index contributed by atoms with van der Waals surface area (Å²) in [6.45, 7) is -10.6. The molecule has 0 aromatic carbocycles. The Kier molecular flexibility index (Phi) is 4.68. The summed E-state index contributed by atoms with van der Waals surface area (Å²) < 4.78 is 78.2. The van der Waals surface area contributed by atoms with E-state index in [-0.39, 0.29) is 34.3 Å². The Labute approximate surface area is 191 Å². The summed E-state index contributed by atoms with van der Waals surface area (Å²) in [6, 6.07) is 4.06. The Morgan fingerprint density at radius 3 is 2.81 bits per heavy atom. The Morgan fingerprint density at radius 1 is 1.35 bits per heavy atom. The molecule has 1 amide bonds. The third-order valence-corrected chi connectivity index (χ3v) is 4.10. The zero-order valence-electron chi connectivity index (χ0n) is 24.9. The number of H-pyrrole nitrogens is 1. The molecule has 1 saturated heterocycles. The summed E-state index contributed by atoms with van der Waals surface area (Å²) in [5.41, 5.74) is -0.0522. The van der Waals surface area contributed by atoms with E-state index in [4.69, 9.17) is 25.7 Å². The Bertz CT molecular complexity index is 1290. The van der Waals surface area contributed by atoms with Crippen molar-refractivity contribution in [3.8, 4) is 11.8 Å². The fraction of sp³-hybridized carbons (Fsp3) is 0.476. The number of nitrogens with zero attached hydrogens (tertiary/aromatic N) is 5. The first kappa shape index (κ1) is 13.8. The monoisotopic (exact) mass is 434 g/mol. The number of hydrogen-bond donors (Lipinski definition) is 1. The van der Waals surface area contributed by atoms with Crippen LogP contribution in [-0.2, 0) is 9.53 Å². The van der Waals surface area contributed by atoms with Crippen LogP contribution in [0.15, 0.2) is 29.3 Å². The van der Waals surface area contributed by atoms with Gasteiger partial charge in [0.05, 0.1) is 47.9 Å². The number of amides is 1. The second kappa shape index (κ2) is 10.5. The maximum absolute atomic E-state index is 13.0. The SMILES string of the molecule is [2H]C1([2H])N(C(=O)CCOC[C@H](C)Oc2cn[nH]c(=O)c2C)C([2H])([2H])C([2H])([2H])N(c2ccc(C#N)cn2)C1([2H])[2H]. The Balaban J connectivity index is 1.75. The van der Waals surface area contributed by atoms with E-state index >= 15 is 0 Å². The molecule has 2 aromatic rings. The molecule has 0 radical (unpaired) electrons. The quantitative estimate of drug-likeness (QED) is 0.607. The highest BCUT2D eigenvalue weighted by Gasteiger charge is 2.21. The van der Waals surface area contributed by atoms with E-state index in [1.807, 2.05) is 0 Å². The van der Waals surface area contributed by atoms with E-state index < -0.39 is 55.8 Å². The van der Waals surface area contributed by atoms with Crippen molar-refractivity contribution in [1.82, 2.24) is 20.1 Å². The van der Waals surface area contributed by atoms with Crippen LogP contribution in [0.5, 0.6) is 5.75 Å². The average Bonchev–Trinajstić information content (AvgIpc) is 2.84. The van der Waals surface area contributed by atoms with Crippen molar-refractivity contribution in [2.24, 2.45) is 0 Å². The van der Waals surface area contributed by atoms with Gasteiger partial charge in [0.1, 0.15) is 23.7 Å². The molecular weight excluding hydrogens is 400 g/mol. The molecule has 0 bridgehead atoms. The highest BCUT2D eigenvalue weighted by molar-refractivity contribution is 5.76. The highest BCUT2D eigenvalue weighted by atomic mass is 16.5. The van der Waals surface area contributed by atoms with Gasteiger partial charge in [0.15, 0.2) is 0 Å². The molecule has 1 N–H and O–H groups in total. The summed E-state index contributed by atoms with van der Waals surface area (Å²) in [5, 5.41) is 14.9. The number of nitriles is 1. The van der Waals surface area contributed by atoms with E-state index in [1.165, 1.54) is 12.3 Å². The number of ether oxygens (including phenoxy) is 2. The van der Waals surface area contributed by atoms with Crippen LogP contribution in [0.25, 0.3) is 0 Å². The number of carbonyl (C=O) groups excluding carboxylic acids is 1. The van der Waals surface area contributed by atoms with Crippen LogP contribution in [-0.4, -0.2) is 71.3 Å². The van der Waals surface area contributed by atoms with Crippen LogP contribution < -0.4 is 15.2 Å². The van der Waals surface area contributed by atoms with Crippen LogP contribution >= 0.6 is 0 Å². The van der Waals surface area contributed by atoms with Gasteiger partial charge in [-0.1, -0.05) is 0 Å². The zero-order valence-corrected chi connectivity index (χ0v) is 16.9. The lowest BCUT2D eigenvalue weighted by Crippen LogP contribution is -2.49. The molecule has 3 heterocycles. The van der Waals surface area contributed by atoms with Crippen LogP contribution in [0, 0.1) is 18.3 Å². The van der Waals surface area contributed by atoms with Gasteiger partial charge in [0.2, 0.25) is 5.91 Å². The fourth-order valence-electron chi connectivity index (χ4n) is 2.41. The fourth-order valence-corrected chi connectivity index (χ4v) is 2.41. The van der Waals surface area contributed by atoms with Crippen LogP contribution in [0.2, 0.25) is 0 Å². The molecule has 0 unspecified atom stereocenters. The lowest BCUT2D eigenvalue weighted by Gasteiger charge is -2.35. The number of pyridine rings is 1. The minimum Gasteiger partial charge on any atom is -0.486 e. The molecule has 0 saturated carbocycles. The third kappa shape index (κ3) is 6.02. The Hall–Kier alpha value is -3.45. The smallest absolute Gasteiger partial charge is 0.270 e. The molecule has 2 aromatic heterocycles. The molecule has 1 aliphatic heterocycles. The van der Waals surface area contributed by atoms with E-state index in [0.717, 1.165) is 12.3 Å². The lowest BCUT2D eigenvalue weighted by molar-refractivity contribution is -0.132. The highest BCUT2D eigenvalue weighted by Crippen LogP contribution is 2.15.